The number of ether oxygens (including phenoxy) is 1. The smallest absolute Gasteiger partial charge is 0.255 e. The van der Waals surface area contributed by atoms with Crippen LogP contribution >= 0.6 is 0 Å². The first-order valence-electron chi connectivity index (χ1n) is 9.64. The molecule has 0 saturated heterocycles. The van der Waals surface area contributed by atoms with Crippen LogP contribution in [-0.4, -0.2) is 39.2 Å². The van der Waals surface area contributed by atoms with Crippen molar-refractivity contribution in [2.24, 2.45) is 7.05 Å². The Labute approximate surface area is 177 Å². The van der Waals surface area contributed by atoms with Crippen LogP contribution in [0.3, 0.4) is 0 Å². The van der Waals surface area contributed by atoms with Crippen LogP contribution in [-0.2, 0) is 27.6 Å². The zero-order valence-corrected chi connectivity index (χ0v) is 18.5. The summed E-state index contributed by atoms with van der Waals surface area (Å²) in [5.41, 5.74) is 5.07. The Morgan fingerprint density at radius 2 is 1.90 bits per heavy atom. The van der Waals surface area contributed by atoms with Gasteiger partial charge in [-0.25, -0.2) is 13.1 Å². The van der Waals surface area contributed by atoms with Crippen LogP contribution in [0.25, 0.3) is 10.9 Å². The van der Waals surface area contributed by atoms with E-state index < -0.39 is 10.0 Å². The molecule has 30 heavy (non-hydrogen) atoms. The van der Waals surface area contributed by atoms with Gasteiger partial charge in [-0.2, -0.15) is 0 Å². The van der Waals surface area contributed by atoms with Gasteiger partial charge in [0.05, 0.1) is 12.4 Å². The SMILES string of the molecule is COCCNS(=O)(=O)Cc1cccc(NC(=O)c2ccc3c(c2)c(C)c(C)n3C)c1. The van der Waals surface area contributed by atoms with Gasteiger partial charge in [-0.1, -0.05) is 12.1 Å². The lowest BCUT2D eigenvalue weighted by atomic mass is 10.1. The summed E-state index contributed by atoms with van der Waals surface area (Å²) >= 11 is 0. The molecule has 7 nitrogen and oxygen atoms in total. The van der Waals surface area contributed by atoms with E-state index in [4.69, 9.17) is 4.74 Å². The van der Waals surface area contributed by atoms with E-state index in [1.165, 1.54) is 7.11 Å². The minimum absolute atomic E-state index is 0.172. The molecule has 0 fully saturated rings. The van der Waals surface area contributed by atoms with Gasteiger partial charge >= 0.3 is 0 Å². The predicted molar refractivity (Wildman–Crippen MR) is 119 cm³/mol. The minimum Gasteiger partial charge on any atom is -0.383 e. The van der Waals surface area contributed by atoms with Gasteiger partial charge in [0.2, 0.25) is 10.0 Å². The number of aromatic nitrogens is 1. The highest BCUT2D eigenvalue weighted by Crippen LogP contribution is 2.25. The molecule has 0 aliphatic carbocycles. The first-order valence-corrected chi connectivity index (χ1v) is 11.3. The molecule has 1 aromatic heterocycles. The number of nitrogens with one attached hydrogen (secondary N) is 2. The maximum absolute atomic E-state index is 12.8. The lowest BCUT2D eigenvalue weighted by Crippen LogP contribution is -2.28. The van der Waals surface area contributed by atoms with Crippen LogP contribution in [0.2, 0.25) is 0 Å². The number of rotatable bonds is 8. The summed E-state index contributed by atoms with van der Waals surface area (Å²) in [5.74, 6) is -0.412. The molecule has 2 N–H and O–H groups in total. The van der Waals surface area contributed by atoms with Crippen molar-refractivity contribution < 1.29 is 17.9 Å². The van der Waals surface area contributed by atoms with E-state index in [0.717, 1.165) is 22.2 Å². The van der Waals surface area contributed by atoms with Crippen LogP contribution in [0.4, 0.5) is 5.69 Å². The lowest BCUT2D eigenvalue weighted by molar-refractivity contribution is 0.102. The van der Waals surface area contributed by atoms with E-state index >= 15 is 0 Å². The molecule has 0 atom stereocenters. The number of hydrogen-bond donors (Lipinski definition) is 2. The standard InChI is InChI=1S/C22H27N3O4S/c1-15-16(2)25(3)21-9-8-18(13-20(15)21)22(26)24-19-7-5-6-17(12-19)14-30(27,28)23-10-11-29-4/h5-9,12-13,23H,10-11,14H2,1-4H3,(H,24,26). The molecule has 0 radical (unpaired) electrons. The maximum Gasteiger partial charge on any atom is 0.255 e. The summed E-state index contributed by atoms with van der Waals surface area (Å²) < 4.78 is 33.8. The fraction of sp³-hybridized carbons (Fsp3) is 0.318. The zero-order valence-electron chi connectivity index (χ0n) is 17.7. The Balaban J connectivity index is 1.75. The largest absolute Gasteiger partial charge is 0.383 e. The van der Waals surface area contributed by atoms with E-state index in [9.17, 15) is 13.2 Å². The van der Waals surface area contributed by atoms with E-state index in [0.29, 0.717) is 23.4 Å². The normalized spacial score (nSPS) is 11.7. The van der Waals surface area contributed by atoms with Gasteiger partial charge in [-0.15, -0.1) is 0 Å². The monoisotopic (exact) mass is 429 g/mol. The zero-order chi connectivity index (χ0) is 21.9. The fourth-order valence-electron chi connectivity index (χ4n) is 3.41. The summed E-state index contributed by atoms with van der Waals surface area (Å²) in [7, 11) is 0.0402. The van der Waals surface area contributed by atoms with Crippen molar-refractivity contribution in [1.29, 1.82) is 0 Å². The summed E-state index contributed by atoms with van der Waals surface area (Å²) in [4.78, 5) is 12.8. The molecule has 3 aromatic rings. The molecule has 0 bridgehead atoms. The lowest BCUT2D eigenvalue weighted by Gasteiger charge is -2.09. The number of fused-ring (bicyclic) bond motifs is 1. The second-order valence-corrected chi connectivity index (χ2v) is 9.11. The van der Waals surface area contributed by atoms with Crippen molar-refractivity contribution in [3.05, 3.63) is 64.8 Å². The van der Waals surface area contributed by atoms with Crippen molar-refractivity contribution >= 4 is 32.5 Å². The molecular formula is C22H27N3O4S. The number of carbonyl (C=O) groups is 1. The molecule has 2 aromatic carbocycles. The number of sulfonamides is 1. The Bertz CT molecular complexity index is 1180. The Hall–Kier alpha value is -2.68. The fourth-order valence-corrected chi connectivity index (χ4v) is 4.52. The van der Waals surface area contributed by atoms with Crippen LogP contribution in [0.5, 0.6) is 0 Å². The van der Waals surface area contributed by atoms with E-state index in [1.807, 2.05) is 26.1 Å². The number of hydrogen-bond acceptors (Lipinski definition) is 4. The predicted octanol–water partition coefficient (Wildman–Crippen LogP) is 3.11. The molecule has 3 rings (SSSR count). The number of amides is 1. The van der Waals surface area contributed by atoms with Crippen LogP contribution in [0, 0.1) is 13.8 Å². The van der Waals surface area contributed by atoms with Gasteiger partial charge < -0.3 is 14.6 Å². The Kier molecular flexibility index (Phi) is 6.60. The Morgan fingerprint density at radius 3 is 2.63 bits per heavy atom. The molecular weight excluding hydrogens is 402 g/mol. The van der Waals surface area contributed by atoms with E-state index in [-0.39, 0.29) is 18.2 Å². The van der Waals surface area contributed by atoms with Crippen molar-refractivity contribution in [3.63, 3.8) is 0 Å². The van der Waals surface area contributed by atoms with Crippen molar-refractivity contribution in [3.8, 4) is 0 Å². The first-order chi connectivity index (χ1) is 14.2. The summed E-state index contributed by atoms with van der Waals surface area (Å²) in [6.45, 7) is 4.62. The van der Waals surface area contributed by atoms with Crippen LogP contribution < -0.4 is 10.0 Å². The van der Waals surface area contributed by atoms with Crippen molar-refractivity contribution in [2.45, 2.75) is 19.6 Å². The molecule has 0 aliphatic rings. The minimum atomic E-state index is -3.48. The molecule has 1 amide bonds. The van der Waals surface area contributed by atoms with Gasteiger partial charge in [0.1, 0.15) is 0 Å². The second kappa shape index (κ2) is 8.99. The summed E-state index contributed by atoms with van der Waals surface area (Å²) in [6.07, 6.45) is 0. The first kappa shape index (κ1) is 22.0. The number of nitrogens with zero attached hydrogens (tertiary/aromatic N) is 1. The summed E-state index contributed by atoms with van der Waals surface area (Å²) in [6, 6.07) is 12.5. The van der Waals surface area contributed by atoms with Gasteiger partial charge in [0.15, 0.2) is 0 Å². The van der Waals surface area contributed by atoms with E-state index in [2.05, 4.69) is 21.5 Å². The maximum atomic E-state index is 12.8. The van der Waals surface area contributed by atoms with Gasteiger partial charge in [0.25, 0.3) is 5.91 Å². The average molecular weight is 430 g/mol. The molecule has 8 heteroatoms. The van der Waals surface area contributed by atoms with Gasteiger partial charge in [0, 0.05) is 48.5 Å². The number of methoxy groups -OCH3 is 1. The van der Waals surface area contributed by atoms with E-state index in [1.54, 1.807) is 30.3 Å². The number of benzene rings is 2. The quantitative estimate of drug-likeness (QED) is 0.539. The third-order valence-electron chi connectivity index (χ3n) is 5.24. The molecule has 160 valence electrons. The number of anilines is 1. The van der Waals surface area contributed by atoms with Crippen molar-refractivity contribution in [1.82, 2.24) is 9.29 Å². The third kappa shape index (κ3) is 4.89. The number of aryl methyl sites for hydroxylation is 2. The average Bonchev–Trinajstić information content (AvgIpc) is 2.92. The third-order valence-corrected chi connectivity index (χ3v) is 6.60. The highest BCUT2D eigenvalue weighted by atomic mass is 32.2. The van der Waals surface area contributed by atoms with Crippen LogP contribution in [0.15, 0.2) is 42.5 Å². The Morgan fingerprint density at radius 1 is 1.13 bits per heavy atom. The molecule has 0 spiro atoms. The van der Waals surface area contributed by atoms with Crippen molar-refractivity contribution in [2.75, 3.05) is 25.6 Å². The second-order valence-electron chi connectivity index (χ2n) is 7.30. The molecule has 0 saturated carbocycles. The van der Waals surface area contributed by atoms with Gasteiger partial charge in [-0.3, -0.25) is 4.79 Å². The number of carbonyl (C=O) groups excluding carboxylic acids is 1. The summed E-state index contributed by atoms with van der Waals surface area (Å²) in [5, 5.41) is 3.91. The highest BCUT2D eigenvalue weighted by molar-refractivity contribution is 7.88. The molecule has 0 aliphatic heterocycles. The highest BCUT2D eigenvalue weighted by Gasteiger charge is 2.14. The molecule has 1 heterocycles. The van der Waals surface area contributed by atoms with Gasteiger partial charge in [-0.05, 0) is 55.3 Å². The molecule has 0 unspecified atom stereocenters. The topological polar surface area (TPSA) is 89.4 Å². The van der Waals surface area contributed by atoms with Crippen LogP contribution in [0.1, 0.15) is 27.2 Å².